The first kappa shape index (κ1) is 19.3. The zero-order valence-corrected chi connectivity index (χ0v) is 14.7. The molecule has 0 atom stereocenters. The average Bonchev–Trinajstić information content (AvgIpc) is 2.52. The van der Waals surface area contributed by atoms with E-state index in [2.05, 4.69) is 29.2 Å². The van der Waals surface area contributed by atoms with Crippen molar-refractivity contribution in [3.63, 3.8) is 0 Å². The first-order valence-electron chi connectivity index (χ1n) is 7.98. The molecule has 1 saturated carbocycles. The summed E-state index contributed by atoms with van der Waals surface area (Å²) in [6.07, 6.45) is 8.13. The fraction of sp³-hybridized carbons (Fsp3) is 0.588. The standard InChI is InChI=1S/C17H26N2OS.ClH/c18-11-5-10-17(20)19-15-7-4-6-14(12-15)13-21-16-8-2-1-3-9-16;/h4,6-7,12,16H,1-3,5,8-11,13,18H2,(H,19,20);1H. The highest BCUT2D eigenvalue weighted by molar-refractivity contribution is 7.99. The van der Waals surface area contributed by atoms with Crippen LogP contribution in [-0.2, 0) is 10.5 Å². The van der Waals surface area contributed by atoms with Crippen molar-refractivity contribution >= 4 is 35.8 Å². The molecule has 22 heavy (non-hydrogen) atoms. The molecule has 124 valence electrons. The third-order valence-electron chi connectivity index (χ3n) is 3.86. The summed E-state index contributed by atoms with van der Waals surface area (Å²) < 4.78 is 0. The molecule has 0 saturated heterocycles. The highest BCUT2D eigenvalue weighted by Crippen LogP contribution is 2.30. The zero-order valence-electron chi connectivity index (χ0n) is 13.1. The van der Waals surface area contributed by atoms with Crippen molar-refractivity contribution in [1.29, 1.82) is 0 Å². The minimum absolute atomic E-state index is 0. The van der Waals surface area contributed by atoms with Gasteiger partial charge in [-0.15, -0.1) is 12.4 Å². The Bertz CT molecular complexity index is 450. The maximum Gasteiger partial charge on any atom is 0.224 e. The van der Waals surface area contributed by atoms with Crippen LogP contribution in [0.4, 0.5) is 5.69 Å². The van der Waals surface area contributed by atoms with Crippen LogP contribution in [0.2, 0.25) is 0 Å². The highest BCUT2D eigenvalue weighted by atomic mass is 35.5. The Kier molecular flexibility index (Phi) is 9.60. The van der Waals surface area contributed by atoms with Gasteiger partial charge in [-0.1, -0.05) is 31.4 Å². The van der Waals surface area contributed by atoms with Gasteiger partial charge in [0.15, 0.2) is 0 Å². The van der Waals surface area contributed by atoms with Crippen molar-refractivity contribution in [2.45, 2.75) is 55.9 Å². The lowest BCUT2D eigenvalue weighted by atomic mass is 10.0. The van der Waals surface area contributed by atoms with E-state index in [0.717, 1.165) is 23.1 Å². The van der Waals surface area contributed by atoms with Gasteiger partial charge in [-0.05, 0) is 43.5 Å². The first-order chi connectivity index (χ1) is 10.3. The van der Waals surface area contributed by atoms with Crippen LogP contribution in [0.3, 0.4) is 0 Å². The number of carbonyl (C=O) groups is 1. The summed E-state index contributed by atoms with van der Waals surface area (Å²) in [5.41, 5.74) is 7.62. The summed E-state index contributed by atoms with van der Waals surface area (Å²) in [4.78, 5) is 11.7. The normalized spacial score (nSPS) is 15.1. The molecule has 3 N–H and O–H groups in total. The van der Waals surface area contributed by atoms with Crippen molar-refractivity contribution in [3.05, 3.63) is 29.8 Å². The fourth-order valence-electron chi connectivity index (χ4n) is 2.67. The maximum absolute atomic E-state index is 11.7. The van der Waals surface area contributed by atoms with Crippen molar-refractivity contribution in [2.75, 3.05) is 11.9 Å². The van der Waals surface area contributed by atoms with Crippen LogP contribution in [-0.4, -0.2) is 17.7 Å². The van der Waals surface area contributed by atoms with Crippen LogP contribution in [0, 0.1) is 0 Å². The van der Waals surface area contributed by atoms with E-state index in [1.54, 1.807) is 0 Å². The highest BCUT2D eigenvalue weighted by Gasteiger charge is 2.13. The van der Waals surface area contributed by atoms with Crippen LogP contribution in [0.15, 0.2) is 24.3 Å². The fourth-order valence-corrected chi connectivity index (χ4v) is 3.95. The van der Waals surface area contributed by atoms with E-state index in [0.29, 0.717) is 13.0 Å². The molecule has 0 aliphatic heterocycles. The van der Waals surface area contributed by atoms with Crippen molar-refractivity contribution in [3.8, 4) is 0 Å². The molecule has 0 heterocycles. The SMILES string of the molecule is Cl.NCCCC(=O)Nc1cccc(CSC2CCCCC2)c1. The second-order valence-electron chi connectivity index (χ2n) is 5.71. The third kappa shape index (κ3) is 7.03. The molecule has 1 aromatic rings. The molecule has 5 heteroatoms. The molecule has 0 aromatic heterocycles. The Labute approximate surface area is 144 Å². The first-order valence-corrected chi connectivity index (χ1v) is 9.03. The number of nitrogens with two attached hydrogens (primary N) is 1. The molecular formula is C17H27ClN2OS. The molecule has 3 nitrogen and oxygen atoms in total. The molecule has 0 spiro atoms. The minimum Gasteiger partial charge on any atom is -0.330 e. The summed E-state index contributed by atoms with van der Waals surface area (Å²) >= 11 is 2.06. The number of hydrogen-bond acceptors (Lipinski definition) is 3. The molecular weight excluding hydrogens is 316 g/mol. The summed E-state index contributed by atoms with van der Waals surface area (Å²) in [5, 5.41) is 3.77. The predicted molar refractivity (Wildman–Crippen MR) is 98.8 cm³/mol. The molecule has 0 bridgehead atoms. The molecule has 1 aliphatic carbocycles. The number of hydrogen-bond donors (Lipinski definition) is 2. The zero-order chi connectivity index (χ0) is 14.9. The molecule has 1 aliphatic rings. The molecule has 0 unspecified atom stereocenters. The summed E-state index contributed by atoms with van der Waals surface area (Å²) in [6, 6.07) is 8.21. The Balaban J connectivity index is 0.00000242. The van der Waals surface area contributed by atoms with Gasteiger partial charge in [-0.2, -0.15) is 11.8 Å². The minimum atomic E-state index is 0. The van der Waals surface area contributed by atoms with Gasteiger partial charge in [-0.25, -0.2) is 0 Å². The molecule has 2 rings (SSSR count). The van der Waals surface area contributed by atoms with Gasteiger partial charge in [0.05, 0.1) is 0 Å². The summed E-state index contributed by atoms with van der Waals surface area (Å²) in [7, 11) is 0. The lowest BCUT2D eigenvalue weighted by Crippen LogP contribution is -2.13. The smallest absolute Gasteiger partial charge is 0.224 e. The average molecular weight is 343 g/mol. The number of nitrogens with one attached hydrogen (secondary N) is 1. The van der Waals surface area contributed by atoms with E-state index in [1.165, 1.54) is 37.7 Å². The topological polar surface area (TPSA) is 55.1 Å². The number of benzene rings is 1. The van der Waals surface area contributed by atoms with Gasteiger partial charge in [-0.3, -0.25) is 4.79 Å². The number of carbonyl (C=O) groups excluding carboxylic acids is 1. The van der Waals surface area contributed by atoms with Crippen LogP contribution < -0.4 is 11.1 Å². The Morgan fingerprint density at radius 2 is 2.05 bits per heavy atom. The third-order valence-corrected chi connectivity index (χ3v) is 5.30. The monoisotopic (exact) mass is 342 g/mol. The maximum atomic E-state index is 11.7. The van der Waals surface area contributed by atoms with E-state index in [1.807, 2.05) is 12.1 Å². The Hall–Kier alpha value is -0.710. The van der Waals surface area contributed by atoms with Crippen molar-refractivity contribution < 1.29 is 4.79 Å². The number of halogens is 1. The lowest BCUT2D eigenvalue weighted by molar-refractivity contribution is -0.116. The van der Waals surface area contributed by atoms with E-state index < -0.39 is 0 Å². The second kappa shape index (κ2) is 10.9. The van der Waals surface area contributed by atoms with Crippen LogP contribution >= 0.6 is 24.2 Å². The van der Waals surface area contributed by atoms with Gasteiger partial charge in [0.1, 0.15) is 0 Å². The lowest BCUT2D eigenvalue weighted by Gasteiger charge is -2.21. The predicted octanol–water partition coefficient (Wildman–Crippen LogP) is 4.35. The van der Waals surface area contributed by atoms with Gasteiger partial charge in [0.25, 0.3) is 0 Å². The number of anilines is 1. The van der Waals surface area contributed by atoms with Crippen molar-refractivity contribution in [1.82, 2.24) is 0 Å². The Morgan fingerprint density at radius 3 is 2.77 bits per heavy atom. The second-order valence-corrected chi connectivity index (χ2v) is 7.00. The van der Waals surface area contributed by atoms with E-state index >= 15 is 0 Å². The van der Waals surface area contributed by atoms with Gasteiger partial charge < -0.3 is 11.1 Å². The molecule has 1 fully saturated rings. The van der Waals surface area contributed by atoms with Gasteiger partial charge in [0.2, 0.25) is 5.91 Å². The number of rotatable bonds is 7. The molecule has 0 radical (unpaired) electrons. The summed E-state index contributed by atoms with van der Waals surface area (Å²) in [6.45, 7) is 0.561. The molecule has 1 aromatic carbocycles. The largest absolute Gasteiger partial charge is 0.330 e. The Morgan fingerprint density at radius 1 is 1.27 bits per heavy atom. The van der Waals surface area contributed by atoms with Crippen molar-refractivity contribution in [2.24, 2.45) is 5.73 Å². The van der Waals surface area contributed by atoms with Crippen LogP contribution in [0.5, 0.6) is 0 Å². The number of thioether (sulfide) groups is 1. The quantitative estimate of drug-likeness (QED) is 0.774. The number of amides is 1. The van der Waals surface area contributed by atoms with E-state index in [9.17, 15) is 4.79 Å². The molecule has 1 amide bonds. The summed E-state index contributed by atoms with van der Waals surface area (Å²) in [5.74, 6) is 1.09. The van der Waals surface area contributed by atoms with Gasteiger partial charge in [0, 0.05) is 23.1 Å². The van der Waals surface area contributed by atoms with Crippen LogP contribution in [0.25, 0.3) is 0 Å². The van der Waals surface area contributed by atoms with E-state index in [4.69, 9.17) is 5.73 Å². The van der Waals surface area contributed by atoms with Gasteiger partial charge >= 0.3 is 0 Å². The van der Waals surface area contributed by atoms with Crippen LogP contribution in [0.1, 0.15) is 50.5 Å². The van der Waals surface area contributed by atoms with E-state index in [-0.39, 0.29) is 18.3 Å².